The van der Waals surface area contributed by atoms with Crippen LogP contribution >= 0.6 is 0 Å². The topological polar surface area (TPSA) is 13.0 Å². The Hall–Kier alpha value is -7.82. The van der Waals surface area contributed by atoms with E-state index in [1.807, 2.05) is 0 Å². The summed E-state index contributed by atoms with van der Waals surface area (Å²) in [6.07, 6.45) is 15.1. The standard InChI is InChI=1S/C70H70N4/c1-4-7-13-52-18-30-60(31-19-52)71(59-16-11-10-12-17-59)63-38-42-65(43-39-63)73(69-36-28-55-24-26-57(55)50-69)67-46-48-68(49-47-67)74(70-37-29-56-25-27-58(56)51-70)66-44-40-64(41-45-66)72(61-32-20-53(21-33-61)14-8-5-2)62-34-22-54(23-35-62)15-9-6-3/h10-12,16-23,28-51H,4-9,13-15,24-27H2,1-3H3. The van der Waals surface area contributed by atoms with E-state index in [1.165, 1.54) is 100 Å². The van der Waals surface area contributed by atoms with Crippen LogP contribution in [0.1, 0.15) is 98.2 Å². The van der Waals surface area contributed by atoms with Gasteiger partial charge in [0.2, 0.25) is 0 Å². The largest absolute Gasteiger partial charge is 0.311 e. The van der Waals surface area contributed by atoms with Crippen LogP contribution in [0.5, 0.6) is 0 Å². The van der Waals surface area contributed by atoms with Crippen molar-refractivity contribution in [3.05, 3.63) is 251 Å². The second-order valence-electron chi connectivity index (χ2n) is 20.4. The highest BCUT2D eigenvalue weighted by Gasteiger charge is 2.23. The third-order valence-corrected chi connectivity index (χ3v) is 15.4. The summed E-state index contributed by atoms with van der Waals surface area (Å²) in [4.78, 5) is 9.63. The summed E-state index contributed by atoms with van der Waals surface area (Å²) >= 11 is 0. The maximum atomic E-state index is 2.43. The monoisotopic (exact) mass is 967 g/mol. The predicted octanol–water partition coefficient (Wildman–Crippen LogP) is 19.8. The highest BCUT2D eigenvalue weighted by atomic mass is 15.2. The van der Waals surface area contributed by atoms with Crippen molar-refractivity contribution in [3.63, 3.8) is 0 Å². The number of nitrogens with zero attached hydrogens (tertiary/aromatic N) is 4. The molecule has 0 heterocycles. The molecule has 0 radical (unpaired) electrons. The Morgan fingerprint density at radius 2 is 0.473 bits per heavy atom. The van der Waals surface area contributed by atoms with Crippen LogP contribution in [0.25, 0.3) is 0 Å². The lowest BCUT2D eigenvalue weighted by Crippen LogP contribution is -2.16. The smallest absolute Gasteiger partial charge is 0.0464 e. The normalized spacial score (nSPS) is 12.3. The summed E-state index contributed by atoms with van der Waals surface area (Å²) < 4.78 is 0. The summed E-state index contributed by atoms with van der Waals surface area (Å²) in [6, 6.07) is 79.9. The van der Waals surface area contributed by atoms with Crippen molar-refractivity contribution in [1.29, 1.82) is 0 Å². The fourth-order valence-electron chi connectivity index (χ4n) is 10.8. The maximum Gasteiger partial charge on any atom is 0.0464 e. The van der Waals surface area contributed by atoms with Crippen LogP contribution in [0.3, 0.4) is 0 Å². The SMILES string of the molecule is CCCCc1ccc(N(c2ccccc2)c2ccc(N(c3ccc(N(c4ccc(N(c5ccc(CCCC)cc5)c5ccc(CCCC)cc5)cc4)c4ccc5c(c4)CC5)cc3)c3ccc4c(c3)CC4)cc2)cc1. The van der Waals surface area contributed by atoms with Gasteiger partial charge < -0.3 is 19.6 Å². The van der Waals surface area contributed by atoms with Gasteiger partial charge in [-0.3, -0.25) is 0 Å². The van der Waals surface area contributed by atoms with Gasteiger partial charge >= 0.3 is 0 Å². The van der Waals surface area contributed by atoms with E-state index in [0.717, 1.165) is 90.4 Å². The van der Waals surface area contributed by atoms with E-state index in [0.29, 0.717) is 0 Å². The summed E-state index contributed by atoms with van der Waals surface area (Å²) in [6.45, 7) is 6.79. The molecule has 0 unspecified atom stereocenters. The van der Waals surface area contributed by atoms with Gasteiger partial charge in [-0.2, -0.15) is 0 Å². The van der Waals surface area contributed by atoms with Crippen molar-refractivity contribution in [2.75, 3.05) is 19.6 Å². The Bertz CT molecular complexity index is 3200. The molecule has 9 aromatic rings. The van der Waals surface area contributed by atoms with Gasteiger partial charge in [-0.05, 0) is 249 Å². The third kappa shape index (κ3) is 10.5. The van der Waals surface area contributed by atoms with E-state index in [1.54, 1.807) is 0 Å². The van der Waals surface area contributed by atoms with Gasteiger partial charge in [0.25, 0.3) is 0 Å². The fraction of sp³-hybridized carbons (Fsp3) is 0.229. The number of hydrogen-bond acceptors (Lipinski definition) is 4. The zero-order valence-electron chi connectivity index (χ0n) is 43.7. The van der Waals surface area contributed by atoms with Crippen molar-refractivity contribution in [2.24, 2.45) is 0 Å². The molecule has 0 saturated carbocycles. The van der Waals surface area contributed by atoms with Gasteiger partial charge in [0.15, 0.2) is 0 Å². The number of hydrogen-bond donors (Lipinski definition) is 0. The average Bonchev–Trinajstić information content (AvgIpc) is 3.43. The number of unbranched alkanes of at least 4 members (excludes halogenated alkanes) is 3. The number of anilines is 12. The molecule has 0 aromatic heterocycles. The Balaban J connectivity index is 0.935. The number of fused-ring (bicyclic) bond motifs is 2. The van der Waals surface area contributed by atoms with Crippen LogP contribution in [0, 0.1) is 0 Å². The Labute approximate surface area is 441 Å². The highest BCUT2D eigenvalue weighted by Crippen LogP contribution is 2.44. The van der Waals surface area contributed by atoms with E-state index in [9.17, 15) is 0 Å². The molecule has 9 aromatic carbocycles. The van der Waals surface area contributed by atoms with E-state index < -0.39 is 0 Å². The molecule has 0 N–H and O–H groups in total. The molecule has 2 aliphatic carbocycles. The lowest BCUT2D eigenvalue weighted by atomic mass is 9.88. The van der Waals surface area contributed by atoms with Crippen LogP contribution in [0.2, 0.25) is 0 Å². The average molecular weight is 967 g/mol. The van der Waals surface area contributed by atoms with E-state index in [2.05, 4.69) is 253 Å². The fourth-order valence-corrected chi connectivity index (χ4v) is 10.8. The third-order valence-electron chi connectivity index (χ3n) is 15.4. The van der Waals surface area contributed by atoms with Gasteiger partial charge in [-0.1, -0.05) is 107 Å². The quantitative estimate of drug-likeness (QED) is 0.0711. The van der Waals surface area contributed by atoms with Crippen molar-refractivity contribution < 1.29 is 0 Å². The lowest BCUT2D eigenvalue weighted by Gasteiger charge is -2.31. The molecular weight excluding hydrogens is 897 g/mol. The van der Waals surface area contributed by atoms with Gasteiger partial charge in [-0.15, -0.1) is 0 Å². The molecular formula is C70H70N4. The molecule has 74 heavy (non-hydrogen) atoms. The zero-order valence-corrected chi connectivity index (χ0v) is 43.7. The van der Waals surface area contributed by atoms with Crippen LogP contribution in [0.4, 0.5) is 68.2 Å². The minimum absolute atomic E-state index is 1.11. The predicted molar refractivity (Wildman–Crippen MR) is 316 cm³/mol. The molecule has 0 atom stereocenters. The number of rotatable bonds is 21. The van der Waals surface area contributed by atoms with Crippen LogP contribution < -0.4 is 19.6 Å². The van der Waals surface area contributed by atoms with Crippen molar-refractivity contribution in [1.82, 2.24) is 0 Å². The van der Waals surface area contributed by atoms with Crippen molar-refractivity contribution in [3.8, 4) is 0 Å². The molecule has 0 aliphatic heterocycles. The van der Waals surface area contributed by atoms with Gasteiger partial charge in [0, 0.05) is 68.2 Å². The van der Waals surface area contributed by atoms with E-state index in [4.69, 9.17) is 0 Å². The first-order chi connectivity index (χ1) is 36.5. The summed E-state index contributed by atoms with van der Waals surface area (Å²) in [5.74, 6) is 0. The van der Waals surface area contributed by atoms with Gasteiger partial charge in [0.05, 0.1) is 0 Å². The molecule has 0 saturated heterocycles. The molecule has 0 bridgehead atoms. The van der Waals surface area contributed by atoms with Gasteiger partial charge in [-0.25, -0.2) is 0 Å². The molecule has 370 valence electrons. The second kappa shape index (κ2) is 22.5. The van der Waals surface area contributed by atoms with Crippen molar-refractivity contribution in [2.45, 2.75) is 104 Å². The summed E-state index contributed by atoms with van der Waals surface area (Å²) in [5, 5.41) is 0. The van der Waals surface area contributed by atoms with Crippen LogP contribution in [-0.4, -0.2) is 0 Å². The highest BCUT2D eigenvalue weighted by molar-refractivity contribution is 5.85. The summed E-state index contributed by atoms with van der Waals surface area (Å²) in [7, 11) is 0. The minimum atomic E-state index is 1.11. The first kappa shape index (κ1) is 48.4. The van der Waals surface area contributed by atoms with E-state index >= 15 is 0 Å². The van der Waals surface area contributed by atoms with Crippen LogP contribution in [-0.2, 0) is 44.9 Å². The molecule has 4 nitrogen and oxygen atoms in total. The summed E-state index contributed by atoms with van der Waals surface area (Å²) in [5.41, 5.74) is 23.7. The van der Waals surface area contributed by atoms with Crippen LogP contribution in [0.15, 0.2) is 212 Å². The lowest BCUT2D eigenvalue weighted by molar-refractivity contribution is 0.795. The first-order valence-electron chi connectivity index (χ1n) is 27.6. The molecule has 0 amide bonds. The number of benzene rings is 9. The number of para-hydroxylation sites is 1. The molecule has 4 heteroatoms. The van der Waals surface area contributed by atoms with Gasteiger partial charge in [0.1, 0.15) is 0 Å². The maximum absolute atomic E-state index is 2.43. The van der Waals surface area contributed by atoms with E-state index in [-0.39, 0.29) is 0 Å². The molecule has 2 aliphatic rings. The Kier molecular flexibility index (Phi) is 14.7. The Morgan fingerprint density at radius 3 is 0.716 bits per heavy atom. The Morgan fingerprint density at radius 1 is 0.243 bits per heavy atom. The van der Waals surface area contributed by atoms with Crippen molar-refractivity contribution >= 4 is 68.2 Å². The molecule has 0 spiro atoms. The minimum Gasteiger partial charge on any atom is -0.311 e. The number of aryl methyl sites for hydroxylation is 7. The molecule has 11 rings (SSSR count). The zero-order chi connectivity index (χ0) is 50.2. The molecule has 0 fully saturated rings. The first-order valence-corrected chi connectivity index (χ1v) is 27.6. The second-order valence-corrected chi connectivity index (χ2v) is 20.4.